The normalized spacial score (nSPS) is 10.8. The smallest absolute Gasteiger partial charge is 0.341 e. The fourth-order valence-corrected chi connectivity index (χ4v) is 1.64. The number of halogens is 3. The SMILES string of the molecule is COc1c(F)c(F)cc(C(=O)OCCCC(C)C)c1F. The van der Waals surface area contributed by atoms with Gasteiger partial charge in [-0.05, 0) is 24.8 Å². The predicted molar refractivity (Wildman–Crippen MR) is 67.2 cm³/mol. The molecule has 0 aliphatic heterocycles. The van der Waals surface area contributed by atoms with Crippen molar-refractivity contribution < 1.29 is 27.4 Å². The predicted octanol–water partition coefficient (Wildman–Crippen LogP) is 3.71. The minimum Gasteiger partial charge on any atom is -0.491 e. The first kappa shape index (κ1) is 16.3. The second-order valence-corrected chi connectivity index (χ2v) is 4.74. The van der Waals surface area contributed by atoms with Gasteiger partial charge in [-0.3, -0.25) is 0 Å². The van der Waals surface area contributed by atoms with Crippen LogP contribution in [0, 0.1) is 23.4 Å². The molecule has 0 amide bonds. The van der Waals surface area contributed by atoms with Gasteiger partial charge in [0.15, 0.2) is 17.4 Å². The minimum atomic E-state index is -1.47. The van der Waals surface area contributed by atoms with E-state index in [4.69, 9.17) is 4.74 Å². The van der Waals surface area contributed by atoms with Crippen molar-refractivity contribution in [1.29, 1.82) is 0 Å². The fraction of sp³-hybridized carbons (Fsp3) is 0.500. The zero-order valence-electron chi connectivity index (χ0n) is 11.6. The Balaban J connectivity index is 2.81. The molecule has 6 heteroatoms. The summed E-state index contributed by atoms with van der Waals surface area (Å²) in [6.45, 7) is 4.13. The highest BCUT2D eigenvalue weighted by Crippen LogP contribution is 2.27. The maximum absolute atomic E-state index is 13.8. The van der Waals surface area contributed by atoms with E-state index in [9.17, 15) is 18.0 Å². The number of carbonyl (C=O) groups excluding carboxylic acids is 1. The van der Waals surface area contributed by atoms with Crippen molar-refractivity contribution in [3.05, 3.63) is 29.1 Å². The highest BCUT2D eigenvalue weighted by atomic mass is 19.2. The molecule has 0 heterocycles. The number of hydrogen-bond donors (Lipinski definition) is 0. The van der Waals surface area contributed by atoms with Gasteiger partial charge in [-0.1, -0.05) is 13.8 Å². The largest absolute Gasteiger partial charge is 0.491 e. The van der Waals surface area contributed by atoms with E-state index >= 15 is 0 Å². The lowest BCUT2D eigenvalue weighted by Crippen LogP contribution is -2.12. The molecule has 0 aliphatic rings. The maximum atomic E-state index is 13.8. The van der Waals surface area contributed by atoms with Gasteiger partial charge in [0, 0.05) is 0 Å². The fourth-order valence-electron chi connectivity index (χ4n) is 1.64. The number of benzene rings is 1. The highest BCUT2D eigenvalue weighted by Gasteiger charge is 2.24. The molecule has 0 saturated heterocycles. The van der Waals surface area contributed by atoms with Crippen LogP contribution in [-0.2, 0) is 4.74 Å². The summed E-state index contributed by atoms with van der Waals surface area (Å²) in [5.74, 6) is -5.62. The lowest BCUT2D eigenvalue weighted by atomic mass is 10.1. The molecule has 0 atom stereocenters. The highest BCUT2D eigenvalue weighted by molar-refractivity contribution is 5.90. The van der Waals surface area contributed by atoms with Crippen LogP contribution in [0.3, 0.4) is 0 Å². The van der Waals surface area contributed by atoms with Crippen LogP contribution in [0.25, 0.3) is 0 Å². The van der Waals surface area contributed by atoms with Gasteiger partial charge in [-0.25, -0.2) is 13.6 Å². The van der Waals surface area contributed by atoms with Crippen molar-refractivity contribution in [2.24, 2.45) is 5.92 Å². The monoisotopic (exact) mass is 290 g/mol. The molecule has 3 nitrogen and oxygen atoms in total. The number of carbonyl (C=O) groups is 1. The standard InChI is InChI=1S/C14H17F3O3/c1-8(2)5-4-6-20-14(18)9-7-10(15)12(17)13(19-3)11(9)16/h7-8H,4-6H2,1-3H3. The first-order chi connectivity index (χ1) is 9.38. The molecule has 1 rings (SSSR count). The summed E-state index contributed by atoms with van der Waals surface area (Å²) < 4.78 is 49.4. The quantitative estimate of drug-likeness (QED) is 0.455. The van der Waals surface area contributed by atoms with E-state index < -0.39 is 34.7 Å². The summed E-state index contributed by atoms with van der Waals surface area (Å²) in [5.41, 5.74) is -0.676. The van der Waals surface area contributed by atoms with Crippen molar-refractivity contribution in [3.8, 4) is 5.75 Å². The summed E-state index contributed by atoms with van der Waals surface area (Å²) in [6.07, 6.45) is 1.46. The van der Waals surface area contributed by atoms with Gasteiger partial charge in [0.2, 0.25) is 5.82 Å². The van der Waals surface area contributed by atoms with Crippen molar-refractivity contribution in [2.45, 2.75) is 26.7 Å². The maximum Gasteiger partial charge on any atom is 0.341 e. The van der Waals surface area contributed by atoms with Crippen LogP contribution in [0.4, 0.5) is 13.2 Å². The molecule has 0 bridgehead atoms. The summed E-state index contributed by atoms with van der Waals surface area (Å²) in [4.78, 5) is 11.6. The molecule has 0 fully saturated rings. The molecule has 0 radical (unpaired) electrons. The number of esters is 1. The average molecular weight is 290 g/mol. The number of methoxy groups -OCH3 is 1. The average Bonchev–Trinajstić information content (AvgIpc) is 2.39. The molecule has 1 aromatic carbocycles. The molecule has 0 aromatic heterocycles. The molecule has 0 saturated carbocycles. The van der Waals surface area contributed by atoms with E-state index in [1.54, 1.807) is 0 Å². The van der Waals surface area contributed by atoms with Crippen LogP contribution in [-0.4, -0.2) is 19.7 Å². The molecule has 0 N–H and O–H groups in total. The second-order valence-electron chi connectivity index (χ2n) is 4.74. The zero-order valence-corrected chi connectivity index (χ0v) is 11.6. The molecular weight excluding hydrogens is 273 g/mol. The van der Waals surface area contributed by atoms with Crippen LogP contribution in [0.2, 0.25) is 0 Å². The Labute approximate surface area is 115 Å². The van der Waals surface area contributed by atoms with Gasteiger partial charge in [0.25, 0.3) is 0 Å². The molecular formula is C14H17F3O3. The van der Waals surface area contributed by atoms with Crippen LogP contribution >= 0.6 is 0 Å². The van der Waals surface area contributed by atoms with Gasteiger partial charge >= 0.3 is 5.97 Å². The molecule has 0 aliphatic carbocycles. The Hall–Kier alpha value is -1.72. The summed E-state index contributed by atoms with van der Waals surface area (Å²) in [6, 6.07) is 0.470. The first-order valence-corrected chi connectivity index (χ1v) is 6.27. The van der Waals surface area contributed by atoms with Crippen LogP contribution in [0.1, 0.15) is 37.0 Å². The number of hydrogen-bond acceptors (Lipinski definition) is 3. The summed E-state index contributed by atoms with van der Waals surface area (Å²) in [5, 5.41) is 0. The zero-order chi connectivity index (χ0) is 15.3. The molecule has 1 aromatic rings. The Bertz CT molecular complexity index is 487. The summed E-state index contributed by atoms with van der Waals surface area (Å²) >= 11 is 0. The second kappa shape index (κ2) is 7.17. The van der Waals surface area contributed by atoms with Crippen LogP contribution in [0.15, 0.2) is 6.07 Å². The Morgan fingerprint density at radius 3 is 2.45 bits per heavy atom. The first-order valence-electron chi connectivity index (χ1n) is 6.27. The minimum absolute atomic E-state index is 0.0950. The number of rotatable bonds is 6. The third-order valence-electron chi connectivity index (χ3n) is 2.70. The van der Waals surface area contributed by atoms with E-state index in [0.717, 1.165) is 13.5 Å². The Kier molecular flexibility index (Phi) is 5.85. The van der Waals surface area contributed by atoms with Gasteiger partial charge in [-0.15, -0.1) is 0 Å². The summed E-state index contributed by atoms with van der Waals surface area (Å²) in [7, 11) is 0.985. The van der Waals surface area contributed by atoms with E-state index in [-0.39, 0.29) is 6.61 Å². The van der Waals surface area contributed by atoms with Crippen molar-refractivity contribution in [1.82, 2.24) is 0 Å². The number of ether oxygens (including phenoxy) is 2. The van der Waals surface area contributed by atoms with Crippen LogP contribution < -0.4 is 4.74 Å². The third-order valence-corrected chi connectivity index (χ3v) is 2.70. The van der Waals surface area contributed by atoms with Gasteiger partial charge < -0.3 is 9.47 Å². The van der Waals surface area contributed by atoms with Crippen LogP contribution in [0.5, 0.6) is 5.75 Å². The van der Waals surface area contributed by atoms with E-state index in [2.05, 4.69) is 4.74 Å². The molecule has 0 unspecified atom stereocenters. The topological polar surface area (TPSA) is 35.5 Å². The van der Waals surface area contributed by atoms with E-state index in [0.29, 0.717) is 18.4 Å². The van der Waals surface area contributed by atoms with Crippen molar-refractivity contribution >= 4 is 5.97 Å². The van der Waals surface area contributed by atoms with Gasteiger partial charge in [0.1, 0.15) is 5.56 Å². The lowest BCUT2D eigenvalue weighted by molar-refractivity contribution is 0.0487. The third kappa shape index (κ3) is 3.88. The van der Waals surface area contributed by atoms with Crippen molar-refractivity contribution in [3.63, 3.8) is 0 Å². The molecule has 0 spiro atoms. The van der Waals surface area contributed by atoms with E-state index in [1.165, 1.54) is 0 Å². The lowest BCUT2D eigenvalue weighted by Gasteiger charge is -2.10. The van der Waals surface area contributed by atoms with Gasteiger partial charge in [0.05, 0.1) is 13.7 Å². The van der Waals surface area contributed by atoms with Gasteiger partial charge in [-0.2, -0.15) is 4.39 Å². The molecule has 112 valence electrons. The van der Waals surface area contributed by atoms with Crippen molar-refractivity contribution in [2.75, 3.05) is 13.7 Å². The Morgan fingerprint density at radius 1 is 1.25 bits per heavy atom. The molecule has 20 heavy (non-hydrogen) atoms. The van der Waals surface area contributed by atoms with E-state index in [1.807, 2.05) is 13.8 Å². The Morgan fingerprint density at radius 2 is 1.90 bits per heavy atom.